The molecule has 0 aliphatic carbocycles. The lowest BCUT2D eigenvalue weighted by molar-refractivity contribution is 0.216. The molecular weight excluding hydrogens is 302 g/mol. The molecule has 0 aliphatic heterocycles. The van der Waals surface area contributed by atoms with Crippen LogP contribution in [0.5, 0.6) is 0 Å². The number of hydrogen-bond donors (Lipinski definition) is 1. The van der Waals surface area contributed by atoms with E-state index in [1.54, 1.807) is 19.1 Å². The minimum Gasteiger partial charge on any atom is -0.384 e. The van der Waals surface area contributed by atoms with Gasteiger partial charge in [0.15, 0.2) is 9.84 Å². The first-order valence-electron chi connectivity index (χ1n) is 5.94. The monoisotopic (exact) mass is 321 g/mol. The third kappa shape index (κ3) is 5.20. The molecule has 0 heterocycles. The highest BCUT2D eigenvalue weighted by molar-refractivity contribution is 7.90. The standard InChI is InChI=1S/C12H19NO5S2/c1-10(13-20(16,17)9-8-18-2)11-4-6-12(7-5-11)19(3,14)15/h4-7,10,13H,8-9H2,1-3H3. The van der Waals surface area contributed by atoms with Crippen molar-refractivity contribution in [3.8, 4) is 0 Å². The van der Waals surface area contributed by atoms with Crippen molar-refractivity contribution in [1.29, 1.82) is 0 Å². The fourth-order valence-corrected chi connectivity index (χ4v) is 3.40. The third-order valence-electron chi connectivity index (χ3n) is 2.72. The van der Waals surface area contributed by atoms with E-state index >= 15 is 0 Å². The summed E-state index contributed by atoms with van der Waals surface area (Å²) in [5, 5.41) is 0. The highest BCUT2D eigenvalue weighted by atomic mass is 32.2. The van der Waals surface area contributed by atoms with E-state index in [9.17, 15) is 16.8 Å². The highest BCUT2D eigenvalue weighted by Gasteiger charge is 2.16. The summed E-state index contributed by atoms with van der Waals surface area (Å²) in [5.74, 6) is -0.116. The predicted molar refractivity (Wildman–Crippen MR) is 76.8 cm³/mol. The molecule has 1 unspecified atom stereocenters. The second-order valence-electron chi connectivity index (χ2n) is 4.49. The van der Waals surface area contributed by atoms with Crippen LogP contribution in [0.3, 0.4) is 0 Å². The van der Waals surface area contributed by atoms with Gasteiger partial charge >= 0.3 is 0 Å². The Kier molecular flexibility index (Phi) is 5.69. The Morgan fingerprint density at radius 3 is 2.15 bits per heavy atom. The van der Waals surface area contributed by atoms with Gasteiger partial charge in [0.05, 0.1) is 17.3 Å². The van der Waals surface area contributed by atoms with Crippen molar-refractivity contribution in [2.45, 2.75) is 17.9 Å². The van der Waals surface area contributed by atoms with E-state index in [1.807, 2.05) is 0 Å². The summed E-state index contributed by atoms with van der Waals surface area (Å²) in [6.07, 6.45) is 1.12. The van der Waals surface area contributed by atoms with Gasteiger partial charge in [0, 0.05) is 19.4 Å². The lowest BCUT2D eigenvalue weighted by atomic mass is 10.1. The molecule has 0 bridgehead atoms. The number of sulfone groups is 1. The van der Waals surface area contributed by atoms with E-state index in [4.69, 9.17) is 4.74 Å². The van der Waals surface area contributed by atoms with E-state index in [2.05, 4.69) is 4.72 Å². The van der Waals surface area contributed by atoms with Gasteiger partial charge in [-0.2, -0.15) is 0 Å². The number of sulfonamides is 1. The second kappa shape index (κ2) is 6.66. The van der Waals surface area contributed by atoms with Crippen molar-refractivity contribution in [2.24, 2.45) is 0 Å². The summed E-state index contributed by atoms with van der Waals surface area (Å²) in [7, 11) is -5.24. The summed E-state index contributed by atoms with van der Waals surface area (Å²) in [6, 6.07) is 5.68. The molecule has 8 heteroatoms. The smallest absolute Gasteiger partial charge is 0.214 e. The molecule has 0 spiro atoms. The van der Waals surface area contributed by atoms with Crippen LogP contribution in [0, 0.1) is 0 Å². The van der Waals surface area contributed by atoms with E-state index in [0.29, 0.717) is 5.56 Å². The molecule has 0 saturated heterocycles. The van der Waals surface area contributed by atoms with Gasteiger partial charge in [-0.25, -0.2) is 21.6 Å². The van der Waals surface area contributed by atoms with Gasteiger partial charge in [-0.3, -0.25) is 0 Å². The van der Waals surface area contributed by atoms with Crippen molar-refractivity contribution in [3.63, 3.8) is 0 Å². The molecule has 114 valence electrons. The number of hydrogen-bond acceptors (Lipinski definition) is 5. The van der Waals surface area contributed by atoms with E-state index < -0.39 is 25.9 Å². The van der Waals surface area contributed by atoms with Crippen LogP contribution in [0.25, 0.3) is 0 Å². The molecule has 1 aromatic carbocycles. The Bertz CT molecular complexity index is 635. The summed E-state index contributed by atoms with van der Waals surface area (Å²) >= 11 is 0. The summed E-state index contributed by atoms with van der Waals surface area (Å²) in [4.78, 5) is 0.204. The molecule has 1 N–H and O–H groups in total. The molecule has 1 aromatic rings. The van der Waals surface area contributed by atoms with Gasteiger partial charge in [0.1, 0.15) is 0 Å². The average Bonchev–Trinajstić information content (AvgIpc) is 2.35. The Labute approximate surface area is 120 Å². The first-order chi connectivity index (χ1) is 9.15. The predicted octanol–water partition coefficient (Wildman–Crippen LogP) is 0.717. The zero-order valence-corrected chi connectivity index (χ0v) is 13.3. The third-order valence-corrected chi connectivity index (χ3v) is 5.27. The molecule has 1 atom stereocenters. The van der Waals surface area contributed by atoms with Gasteiger partial charge in [0.2, 0.25) is 10.0 Å². The van der Waals surface area contributed by atoms with Crippen LogP contribution >= 0.6 is 0 Å². The van der Waals surface area contributed by atoms with E-state index in [0.717, 1.165) is 6.26 Å². The number of nitrogens with one attached hydrogen (secondary N) is 1. The Balaban J connectivity index is 2.81. The van der Waals surface area contributed by atoms with Gasteiger partial charge in [-0.1, -0.05) is 12.1 Å². The minimum absolute atomic E-state index is 0.116. The zero-order chi connectivity index (χ0) is 15.4. The summed E-state index contributed by atoms with van der Waals surface area (Å²) in [6.45, 7) is 1.81. The topological polar surface area (TPSA) is 89.5 Å². The van der Waals surface area contributed by atoms with Gasteiger partial charge in [0.25, 0.3) is 0 Å². The Morgan fingerprint density at radius 2 is 1.70 bits per heavy atom. The molecule has 0 fully saturated rings. The van der Waals surface area contributed by atoms with Crippen molar-refractivity contribution in [1.82, 2.24) is 4.72 Å². The number of methoxy groups -OCH3 is 1. The molecule has 0 aromatic heterocycles. The Morgan fingerprint density at radius 1 is 1.15 bits per heavy atom. The molecule has 6 nitrogen and oxygen atoms in total. The van der Waals surface area contributed by atoms with Gasteiger partial charge < -0.3 is 4.74 Å². The fourth-order valence-electron chi connectivity index (χ4n) is 1.59. The number of ether oxygens (including phenoxy) is 1. The highest BCUT2D eigenvalue weighted by Crippen LogP contribution is 2.17. The first kappa shape index (κ1) is 17.1. The molecule has 1 rings (SSSR count). The lowest BCUT2D eigenvalue weighted by Gasteiger charge is -2.14. The molecule has 0 aliphatic rings. The van der Waals surface area contributed by atoms with Crippen LogP contribution in [0.15, 0.2) is 29.2 Å². The van der Waals surface area contributed by atoms with Gasteiger partial charge in [-0.05, 0) is 24.6 Å². The van der Waals surface area contributed by atoms with Crippen LogP contribution < -0.4 is 4.72 Å². The summed E-state index contributed by atoms with van der Waals surface area (Å²) in [5.41, 5.74) is 0.693. The zero-order valence-electron chi connectivity index (χ0n) is 11.7. The van der Waals surface area contributed by atoms with Gasteiger partial charge in [-0.15, -0.1) is 0 Å². The second-order valence-corrected chi connectivity index (χ2v) is 8.38. The van der Waals surface area contributed by atoms with E-state index in [-0.39, 0.29) is 17.3 Å². The van der Waals surface area contributed by atoms with Crippen LogP contribution in [-0.2, 0) is 24.6 Å². The maximum atomic E-state index is 11.7. The molecule has 0 amide bonds. The average molecular weight is 321 g/mol. The van der Waals surface area contributed by atoms with Crippen molar-refractivity contribution in [3.05, 3.63) is 29.8 Å². The fraction of sp³-hybridized carbons (Fsp3) is 0.500. The molecule has 20 heavy (non-hydrogen) atoms. The largest absolute Gasteiger partial charge is 0.384 e. The van der Waals surface area contributed by atoms with Crippen LogP contribution in [0.4, 0.5) is 0 Å². The molecular formula is C12H19NO5S2. The summed E-state index contributed by atoms with van der Waals surface area (Å²) < 4.78 is 53.3. The number of benzene rings is 1. The van der Waals surface area contributed by atoms with Crippen molar-refractivity contribution in [2.75, 3.05) is 25.7 Å². The maximum Gasteiger partial charge on any atom is 0.214 e. The van der Waals surface area contributed by atoms with Crippen molar-refractivity contribution >= 4 is 19.9 Å². The normalized spacial score (nSPS) is 14.2. The quantitative estimate of drug-likeness (QED) is 0.799. The SMILES string of the molecule is COCCS(=O)(=O)NC(C)c1ccc(S(C)(=O)=O)cc1. The van der Waals surface area contributed by atoms with Crippen LogP contribution in [0.2, 0.25) is 0 Å². The molecule has 0 saturated carbocycles. The van der Waals surface area contributed by atoms with Crippen LogP contribution in [0.1, 0.15) is 18.5 Å². The molecule has 0 radical (unpaired) electrons. The maximum absolute atomic E-state index is 11.7. The van der Waals surface area contributed by atoms with Crippen LogP contribution in [-0.4, -0.2) is 42.6 Å². The van der Waals surface area contributed by atoms with Crippen molar-refractivity contribution < 1.29 is 21.6 Å². The van der Waals surface area contributed by atoms with E-state index in [1.165, 1.54) is 19.2 Å². The first-order valence-corrected chi connectivity index (χ1v) is 9.49. The number of rotatable bonds is 7. The minimum atomic E-state index is -3.42. The lowest BCUT2D eigenvalue weighted by Crippen LogP contribution is -2.30. The Hall–Kier alpha value is -0.960.